The van der Waals surface area contributed by atoms with Crippen LogP contribution >= 0.6 is 0 Å². The van der Waals surface area contributed by atoms with Crippen molar-refractivity contribution in [2.75, 3.05) is 18.9 Å². The Morgan fingerprint density at radius 3 is 2.92 bits per heavy atom. The summed E-state index contributed by atoms with van der Waals surface area (Å²) in [4.78, 5) is 18.5. The summed E-state index contributed by atoms with van der Waals surface area (Å²) in [6, 6.07) is 1.47. The highest BCUT2D eigenvalue weighted by molar-refractivity contribution is 5.23. The molecule has 1 aliphatic rings. The summed E-state index contributed by atoms with van der Waals surface area (Å²) in [6.07, 6.45) is -0.0646. The van der Waals surface area contributed by atoms with Crippen LogP contribution in [0.3, 0.4) is 0 Å². The van der Waals surface area contributed by atoms with Crippen LogP contribution in [0.4, 0.5) is 5.82 Å². The van der Waals surface area contributed by atoms with Gasteiger partial charge < -0.3 is 20.3 Å². The Balaban J connectivity index is 2.42. The molecule has 2 rings (SSSR count). The van der Waals surface area contributed by atoms with E-state index >= 15 is 0 Å². The SMILES string of the molecule is CC(C)CO[C@H]1[C@@H](C)[C@H](n2ccc(N)nc2=O)O[C@@]1(CO)N=[N+]=[N-]. The Hall–Kier alpha value is -2.13. The highest BCUT2D eigenvalue weighted by atomic mass is 16.6. The minimum absolute atomic E-state index is 0.0953. The first-order valence-electron chi connectivity index (χ1n) is 7.66. The van der Waals surface area contributed by atoms with Crippen LogP contribution in [-0.4, -0.2) is 39.7 Å². The monoisotopic (exact) mass is 338 g/mol. The van der Waals surface area contributed by atoms with Gasteiger partial charge in [-0.25, -0.2) is 4.79 Å². The fourth-order valence-electron chi connectivity index (χ4n) is 2.77. The van der Waals surface area contributed by atoms with Crippen molar-refractivity contribution in [2.45, 2.75) is 38.8 Å². The summed E-state index contributed by atoms with van der Waals surface area (Å²) in [5, 5.41) is 13.4. The molecule has 10 heteroatoms. The third-order valence-corrected chi connectivity index (χ3v) is 3.87. The second kappa shape index (κ2) is 7.18. The Labute approximate surface area is 138 Å². The van der Waals surface area contributed by atoms with Crippen LogP contribution in [0.15, 0.2) is 22.2 Å². The average molecular weight is 338 g/mol. The average Bonchev–Trinajstić information content (AvgIpc) is 2.78. The summed E-state index contributed by atoms with van der Waals surface area (Å²) in [7, 11) is 0. The van der Waals surface area contributed by atoms with E-state index < -0.39 is 30.4 Å². The fraction of sp³-hybridized carbons (Fsp3) is 0.714. The van der Waals surface area contributed by atoms with Gasteiger partial charge in [-0.1, -0.05) is 25.9 Å². The van der Waals surface area contributed by atoms with Gasteiger partial charge in [0.2, 0.25) is 0 Å². The van der Waals surface area contributed by atoms with Gasteiger partial charge in [0.05, 0.1) is 6.61 Å². The third-order valence-electron chi connectivity index (χ3n) is 3.87. The molecule has 0 aromatic carbocycles. The Bertz CT molecular complexity index is 686. The number of hydrogen-bond donors (Lipinski definition) is 2. The maximum Gasteiger partial charge on any atom is 0.351 e. The zero-order chi connectivity index (χ0) is 17.9. The summed E-state index contributed by atoms with van der Waals surface area (Å²) in [5.41, 5.74) is 12.2. The maximum absolute atomic E-state index is 12.1. The predicted octanol–water partition coefficient (Wildman–Crippen LogP) is 1.03. The zero-order valence-electron chi connectivity index (χ0n) is 13.9. The molecule has 4 atom stereocenters. The quantitative estimate of drug-likeness (QED) is 0.449. The summed E-state index contributed by atoms with van der Waals surface area (Å²) in [6.45, 7) is 5.56. The summed E-state index contributed by atoms with van der Waals surface area (Å²) in [5.74, 6) is -0.0397. The van der Waals surface area contributed by atoms with Crippen molar-refractivity contribution < 1.29 is 14.6 Å². The van der Waals surface area contributed by atoms with Crippen molar-refractivity contribution in [3.8, 4) is 0 Å². The lowest BCUT2D eigenvalue weighted by molar-refractivity contribution is -0.139. The number of nitrogen functional groups attached to an aromatic ring is 1. The van der Waals surface area contributed by atoms with Gasteiger partial charge in [0.15, 0.2) is 5.72 Å². The molecule has 2 heterocycles. The van der Waals surface area contributed by atoms with Gasteiger partial charge in [-0.3, -0.25) is 4.57 Å². The van der Waals surface area contributed by atoms with Crippen molar-refractivity contribution in [2.24, 2.45) is 17.0 Å². The summed E-state index contributed by atoms with van der Waals surface area (Å²) < 4.78 is 12.9. The van der Waals surface area contributed by atoms with E-state index in [1.54, 1.807) is 6.92 Å². The third kappa shape index (κ3) is 3.36. The Morgan fingerprint density at radius 2 is 2.38 bits per heavy atom. The Kier molecular flexibility index (Phi) is 5.45. The minimum atomic E-state index is -1.60. The zero-order valence-corrected chi connectivity index (χ0v) is 13.9. The van der Waals surface area contributed by atoms with Gasteiger partial charge in [0.1, 0.15) is 18.1 Å². The van der Waals surface area contributed by atoms with Crippen molar-refractivity contribution in [3.05, 3.63) is 33.2 Å². The number of nitrogens with zero attached hydrogens (tertiary/aromatic N) is 5. The highest BCUT2D eigenvalue weighted by Gasteiger charge is 2.54. The van der Waals surface area contributed by atoms with Crippen molar-refractivity contribution in [3.63, 3.8) is 0 Å². The van der Waals surface area contributed by atoms with E-state index in [4.69, 9.17) is 20.7 Å². The van der Waals surface area contributed by atoms with Gasteiger partial charge in [0.25, 0.3) is 0 Å². The largest absolute Gasteiger partial charge is 0.393 e. The van der Waals surface area contributed by atoms with Gasteiger partial charge in [0, 0.05) is 23.6 Å². The molecule has 1 aromatic heterocycles. The Morgan fingerprint density at radius 1 is 1.67 bits per heavy atom. The first-order valence-corrected chi connectivity index (χ1v) is 7.66. The molecule has 132 valence electrons. The van der Waals surface area contributed by atoms with Gasteiger partial charge in [-0.15, -0.1) is 0 Å². The van der Waals surface area contributed by atoms with E-state index in [9.17, 15) is 9.90 Å². The van der Waals surface area contributed by atoms with Crippen LogP contribution in [0.2, 0.25) is 0 Å². The van der Waals surface area contributed by atoms with E-state index in [0.717, 1.165) is 0 Å². The molecule has 0 aliphatic carbocycles. The molecular weight excluding hydrogens is 316 g/mol. The van der Waals surface area contributed by atoms with E-state index in [1.165, 1.54) is 16.8 Å². The summed E-state index contributed by atoms with van der Waals surface area (Å²) >= 11 is 0. The molecule has 10 nitrogen and oxygen atoms in total. The fourth-order valence-corrected chi connectivity index (χ4v) is 2.77. The molecule has 1 saturated heterocycles. The molecule has 0 amide bonds. The molecule has 1 aromatic rings. The second-order valence-corrected chi connectivity index (χ2v) is 6.25. The van der Waals surface area contributed by atoms with Crippen molar-refractivity contribution >= 4 is 5.82 Å². The lowest BCUT2D eigenvalue weighted by Gasteiger charge is -2.29. The van der Waals surface area contributed by atoms with Crippen LogP contribution in [0.5, 0.6) is 0 Å². The lowest BCUT2D eigenvalue weighted by atomic mass is 9.97. The van der Waals surface area contributed by atoms with E-state index in [2.05, 4.69) is 15.0 Å². The number of aromatic nitrogens is 2. The maximum atomic E-state index is 12.1. The molecule has 1 fully saturated rings. The topological polar surface area (TPSA) is 148 Å². The predicted molar refractivity (Wildman–Crippen MR) is 85.7 cm³/mol. The van der Waals surface area contributed by atoms with Crippen LogP contribution in [0.25, 0.3) is 10.4 Å². The van der Waals surface area contributed by atoms with E-state index in [0.29, 0.717) is 6.61 Å². The number of aliphatic hydroxyl groups is 1. The molecule has 24 heavy (non-hydrogen) atoms. The van der Waals surface area contributed by atoms with Crippen LogP contribution in [0, 0.1) is 11.8 Å². The van der Waals surface area contributed by atoms with Gasteiger partial charge in [-0.05, 0) is 17.5 Å². The first kappa shape index (κ1) is 18.2. The van der Waals surface area contributed by atoms with Crippen molar-refractivity contribution in [1.82, 2.24) is 9.55 Å². The first-order chi connectivity index (χ1) is 11.3. The number of ether oxygens (including phenoxy) is 2. The van der Waals surface area contributed by atoms with E-state index in [1.807, 2.05) is 13.8 Å². The number of azide groups is 1. The van der Waals surface area contributed by atoms with Crippen LogP contribution < -0.4 is 11.4 Å². The van der Waals surface area contributed by atoms with Crippen LogP contribution in [-0.2, 0) is 9.47 Å². The normalized spacial score (nSPS) is 29.6. The molecule has 0 saturated carbocycles. The number of aliphatic hydroxyl groups excluding tert-OH is 1. The molecule has 1 aliphatic heterocycles. The number of anilines is 1. The minimum Gasteiger partial charge on any atom is -0.393 e. The standard InChI is InChI=1S/C14H22N6O4/c1-8(2)6-23-11-9(3)12(24-14(11,7-21)18-19-16)20-5-4-10(15)17-13(20)22/h4-5,8-9,11-12,21H,6-7H2,1-3H3,(H2,15,17,22)/t9-,11+,12-,14-/m1/s1. The number of nitrogens with two attached hydrogens (primary N) is 1. The van der Waals surface area contributed by atoms with Gasteiger partial charge >= 0.3 is 5.69 Å². The molecule has 3 N–H and O–H groups in total. The molecule has 0 unspecified atom stereocenters. The molecule has 0 radical (unpaired) electrons. The van der Waals surface area contributed by atoms with E-state index in [-0.39, 0.29) is 17.7 Å². The number of hydrogen-bond acceptors (Lipinski definition) is 7. The van der Waals surface area contributed by atoms with Crippen LogP contribution in [0.1, 0.15) is 27.0 Å². The molecule has 0 bridgehead atoms. The lowest BCUT2D eigenvalue weighted by Crippen LogP contribution is -2.44. The number of rotatable bonds is 6. The van der Waals surface area contributed by atoms with Gasteiger partial charge in [-0.2, -0.15) is 4.98 Å². The molecular formula is C14H22N6O4. The van der Waals surface area contributed by atoms with Crippen molar-refractivity contribution in [1.29, 1.82) is 0 Å². The second-order valence-electron chi connectivity index (χ2n) is 6.25. The highest BCUT2D eigenvalue weighted by Crippen LogP contribution is 2.43. The smallest absolute Gasteiger partial charge is 0.351 e. The molecule has 0 spiro atoms.